The summed E-state index contributed by atoms with van der Waals surface area (Å²) in [7, 11) is 2.10. The summed E-state index contributed by atoms with van der Waals surface area (Å²) in [5.41, 5.74) is -0.989. The van der Waals surface area contributed by atoms with Crippen LogP contribution in [0.1, 0.15) is 33.1 Å². The van der Waals surface area contributed by atoms with Crippen LogP contribution in [-0.4, -0.2) is 48.6 Å². The summed E-state index contributed by atoms with van der Waals surface area (Å²) >= 11 is 0. The van der Waals surface area contributed by atoms with Crippen molar-refractivity contribution in [1.82, 2.24) is 10.2 Å². The number of piperidine rings is 1. The van der Waals surface area contributed by atoms with Crippen molar-refractivity contribution in [3.05, 3.63) is 0 Å². The van der Waals surface area contributed by atoms with Gasteiger partial charge < -0.3 is 15.3 Å². The molecule has 0 radical (unpaired) electrons. The number of amides is 1. The van der Waals surface area contributed by atoms with Crippen molar-refractivity contribution in [3.8, 4) is 0 Å². The van der Waals surface area contributed by atoms with Crippen molar-refractivity contribution in [2.75, 3.05) is 26.7 Å². The highest BCUT2D eigenvalue weighted by Gasteiger charge is 2.30. The molecule has 1 aliphatic rings. The van der Waals surface area contributed by atoms with E-state index in [0.717, 1.165) is 25.9 Å². The summed E-state index contributed by atoms with van der Waals surface area (Å²) in [4.78, 5) is 24.9. The Labute approximate surface area is 109 Å². The predicted octanol–water partition coefficient (Wildman–Crippen LogP) is 0.945. The van der Waals surface area contributed by atoms with Crippen LogP contribution in [0.2, 0.25) is 0 Å². The molecule has 1 heterocycles. The molecule has 0 aromatic rings. The lowest BCUT2D eigenvalue weighted by molar-refractivity contribution is -0.149. The minimum absolute atomic E-state index is 0.0367. The Morgan fingerprint density at radius 2 is 1.89 bits per heavy atom. The van der Waals surface area contributed by atoms with E-state index in [4.69, 9.17) is 5.11 Å². The first-order valence-electron chi connectivity index (χ1n) is 6.50. The molecule has 1 fully saturated rings. The van der Waals surface area contributed by atoms with E-state index < -0.39 is 11.4 Å². The molecule has 0 saturated carbocycles. The maximum Gasteiger partial charge on any atom is 0.309 e. The number of rotatable bonds is 5. The number of carboxylic acids is 1. The molecule has 0 spiro atoms. The van der Waals surface area contributed by atoms with Gasteiger partial charge in [-0.2, -0.15) is 0 Å². The largest absolute Gasteiger partial charge is 0.481 e. The van der Waals surface area contributed by atoms with E-state index in [1.165, 1.54) is 0 Å². The normalized spacial score (nSPS) is 18.6. The molecule has 1 saturated heterocycles. The lowest BCUT2D eigenvalue weighted by Gasteiger charge is -2.29. The number of likely N-dealkylation sites (tertiary alicyclic amines) is 1. The second-order valence-electron chi connectivity index (χ2n) is 5.92. The van der Waals surface area contributed by atoms with Gasteiger partial charge in [0.1, 0.15) is 0 Å². The van der Waals surface area contributed by atoms with Crippen molar-refractivity contribution in [2.24, 2.45) is 11.3 Å². The Kier molecular flexibility index (Phi) is 5.14. The van der Waals surface area contributed by atoms with E-state index >= 15 is 0 Å². The number of nitrogens with one attached hydrogen (secondary N) is 1. The molecular weight excluding hydrogens is 232 g/mol. The van der Waals surface area contributed by atoms with E-state index in [2.05, 4.69) is 17.3 Å². The summed E-state index contributed by atoms with van der Waals surface area (Å²) in [5, 5.41) is 11.8. The lowest BCUT2D eigenvalue weighted by atomic mass is 9.89. The van der Waals surface area contributed by atoms with Crippen molar-refractivity contribution >= 4 is 11.9 Å². The molecule has 0 aromatic carbocycles. The molecule has 1 aliphatic heterocycles. The molecule has 104 valence electrons. The number of carbonyl (C=O) groups excluding carboxylic acids is 1. The van der Waals surface area contributed by atoms with E-state index in [1.807, 2.05) is 0 Å². The topological polar surface area (TPSA) is 69.6 Å². The van der Waals surface area contributed by atoms with Crippen LogP contribution in [0.3, 0.4) is 0 Å². The Bertz CT molecular complexity index is 307. The summed E-state index contributed by atoms with van der Waals surface area (Å²) in [6.45, 7) is 5.96. The zero-order valence-corrected chi connectivity index (χ0v) is 11.5. The van der Waals surface area contributed by atoms with Gasteiger partial charge in [0.2, 0.25) is 5.91 Å². The minimum atomic E-state index is -0.989. The number of aliphatic carboxylic acids is 1. The Balaban J connectivity index is 2.27. The van der Waals surface area contributed by atoms with Crippen LogP contribution in [0, 0.1) is 11.3 Å². The fourth-order valence-electron chi connectivity index (χ4n) is 2.06. The third-order valence-corrected chi connectivity index (χ3v) is 3.61. The molecule has 0 aromatic heterocycles. The van der Waals surface area contributed by atoms with Gasteiger partial charge in [0, 0.05) is 13.0 Å². The number of carboxylic acid groups (broad SMARTS) is 1. The molecule has 18 heavy (non-hydrogen) atoms. The lowest BCUT2D eigenvalue weighted by Crippen LogP contribution is -2.39. The Morgan fingerprint density at radius 3 is 2.39 bits per heavy atom. The van der Waals surface area contributed by atoms with Gasteiger partial charge in [-0.15, -0.1) is 0 Å². The summed E-state index contributed by atoms with van der Waals surface area (Å²) in [5.74, 6) is -0.573. The zero-order chi connectivity index (χ0) is 13.8. The smallest absolute Gasteiger partial charge is 0.309 e. The first-order valence-corrected chi connectivity index (χ1v) is 6.50. The van der Waals surface area contributed by atoms with Gasteiger partial charge in [-0.3, -0.25) is 9.59 Å². The van der Waals surface area contributed by atoms with Crippen LogP contribution < -0.4 is 5.32 Å². The van der Waals surface area contributed by atoms with Crippen LogP contribution in [0.25, 0.3) is 0 Å². The van der Waals surface area contributed by atoms with Gasteiger partial charge >= 0.3 is 5.97 Å². The van der Waals surface area contributed by atoms with E-state index in [-0.39, 0.29) is 12.3 Å². The first kappa shape index (κ1) is 15.0. The fourth-order valence-corrected chi connectivity index (χ4v) is 2.06. The maximum absolute atomic E-state index is 11.7. The van der Waals surface area contributed by atoms with Crippen LogP contribution in [0.15, 0.2) is 0 Å². The van der Waals surface area contributed by atoms with Crippen molar-refractivity contribution in [2.45, 2.75) is 33.1 Å². The third-order valence-electron chi connectivity index (χ3n) is 3.61. The minimum Gasteiger partial charge on any atom is -0.481 e. The quantitative estimate of drug-likeness (QED) is 0.768. The average molecular weight is 256 g/mol. The zero-order valence-electron chi connectivity index (χ0n) is 11.5. The summed E-state index contributed by atoms with van der Waals surface area (Å²) in [6, 6.07) is 0. The van der Waals surface area contributed by atoms with E-state index in [0.29, 0.717) is 12.5 Å². The van der Waals surface area contributed by atoms with Crippen LogP contribution in [0.4, 0.5) is 0 Å². The van der Waals surface area contributed by atoms with Gasteiger partial charge in [0.15, 0.2) is 0 Å². The van der Waals surface area contributed by atoms with E-state index in [9.17, 15) is 9.59 Å². The molecular formula is C13H24N2O3. The van der Waals surface area contributed by atoms with Crippen LogP contribution in [-0.2, 0) is 9.59 Å². The standard InChI is InChI=1S/C13H24N2O3/c1-13(2,12(17)18)8-11(16)14-9-10-4-6-15(3)7-5-10/h10H,4-9H2,1-3H3,(H,14,16)(H,17,18). The Morgan fingerprint density at radius 1 is 1.33 bits per heavy atom. The van der Waals surface area contributed by atoms with Gasteiger partial charge in [0.25, 0.3) is 0 Å². The van der Waals surface area contributed by atoms with Crippen molar-refractivity contribution in [1.29, 1.82) is 0 Å². The van der Waals surface area contributed by atoms with Gasteiger partial charge in [-0.25, -0.2) is 0 Å². The van der Waals surface area contributed by atoms with Crippen LogP contribution >= 0.6 is 0 Å². The second kappa shape index (κ2) is 6.18. The van der Waals surface area contributed by atoms with Gasteiger partial charge in [-0.1, -0.05) is 0 Å². The number of carbonyl (C=O) groups is 2. The first-order chi connectivity index (χ1) is 8.31. The molecule has 1 rings (SSSR count). The highest BCUT2D eigenvalue weighted by atomic mass is 16.4. The fraction of sp³-hybridized carbons (Fsp3) is 0.846. The molecule has 5 nitrogen and oxygen atoms in total. The molecule has 0 unspecified atom stereocenters. The summed E-state index contributed by atoms with van der Waals surface area (Å²) in [6.07, 6.45) is 2.23. The number of hydrogen-bond acceptors (Lipinski definition) is 3. The number of hydrogen-bond donors (Lipinski definition) is 2. The SMILES string of the molecule is CN1CCC(CNC(=O)CC(C)(C)C(=O)O)CC1. The second-order valence-corrected chi connectivity index (χ2v) is 5.92. The molecule has 0 atom stereocenters. The van der Waals surface area contributed by atoms with Crippen molar-refractivity contribution in [3.63, 3.8) is 0 Å². The Hall–Kier alpha value is -1.10. The third kappa shape index (κ3) is 4.64. The molecule has 2 N–H and O–H groups in total. The highest BCUT2D eigenvalue weighted by molar-refractivity contribution is 5.84. The highest BCUT2D eigenvalue weighted by Crippen LogP contribution is 2.20. The monoisotopic (exact) mass is 256 g/mol. The average Bonchev–Trinajstić information content (AvgIpc) is 2.27. The summed E-state index contributed by atoms with van der Waals surface area (Å²) < 4.78 is 0. The van der Waals surface area contributed by atoms with Gasteiger partial charge in [0.05, 0.1) is 5.41 Å². The molecule has 5 heteroatoms. The van der Waals surface area contributed by atoms with Gasteiger partial charge in [-0.05, 0) is 52.7 Å². The molecule has 0 aliphatic carbocycles. The predicted molar refractivity (Wildman–Crippen MR) is 69.3 cm³/mol. The molecule has 0 bridgehead atoms. The van der Waals surface area contributed by atoms with E-state index in [1.54, 1.807) is 13.8 Å². The number of nitrogens with zero attached hydrogens (tertiary/aromatic N) is 1. The maximum atomic E-state index is 11.7. The van der Waals surface area contributed by atoms with Crippen LogP contribution in [0.5, 0.6) is 0 Å². The van der Waals surface area contributed by atoms with Crippen molar-refractivity contribution < 1.29 is 14.7 Å². The molecule has 1 amide bonds.